The van der Waals surface area contributed by atoms with Crippen molar-refractivity contribution in [2.75, 3.05) is 12.4 Å². The lowest BCUT2D eigenvalue weighted by molar-refractivity contribution is 0.893. The number of hydrogen-bond acceptors (Lipinski definition) is 4. The number of benzene rings is 1. The van der Waals surface area contributed by atoms with Crippen LogP contribution in [0.4, 0.5) is 5.82 Å². The molecule has 0 radical (unpaired) electrons. The molecule has 0 saturated carbocycles. The van der Waals surface area contributed by atoms with Gasteiger partial charge in [-0.2, -0.15) is 0 Å². The van der Waals surface area contributed by atoms with E-state index in [4.69, 9.17) is 4.98 Å². The van der Waals surface area contributed by atoms with Gasteiger partial charge < -0.3 is 5.32 Å². The van der Waals surface area contributed by atoms with Gasteiger partial charge in [0.25, 0.3) is 0 Å². The number of nitrogens with zero attached hydrogens (tertiary/aromatic N) is 2. The van der Waals surface area contributed by atoms with E-state index in [9.17, 15) is 0 Å². The first-order valence-electron chi connectivity index (χ1n) is 7.02. The molecule has 0 unspecified atom stereocenters. The van der Waals surface area contributed by atoms with Gasteiger partial charge in [0.2, 0.25) is 0 Å². The molecule has 3 nitrogen and oxygen atoms in total. The number of fused-ring (bicyclic) bond motifs is 1. The Bertz CT molecular complexity index is 625. The Labute approximate surface area is 124 Å². The Hall–Kier alpha value is -1.55. The molecule has 1 aliphatic carbocycles. The van der Waals surface area contributed by atoms with E-state index in [2.05, 4.69) is 41.5 Å². The number of aryl methyl sites for hydroxylation is 2. The van der Waals surface area contributed by atoms with Crippen molar-refractivity contribution in [2.45, 2.75) is 36.8 Å². The number of nitrogens with one attached hydrogen (secondary N) is 1. The SMILES string of the molecule is CNc1nc(CSc2cccc(C)c2)nc2c1CCC2. The minimum atomic E-state index is 0.825. The standard InChI is InChI=1S/C16H19N3S/c1-11-5-3-6-12(9-11)20-10-15-18-14-8-4-7-13(14)16(17-2)19-15/h3,5-6,9H,4,7-8,10H2,1-2H3,(H,17,18,19). The largest absolute Gasteiger partial charge is 0.373 e. The Balaban J connectivity index is 1.78. The van der Waals surface area contributed by atoms with E-state index in [-0.39, 0.29) is 0 Å². The molecule has 0 amide bonds. The second-order valence-electron chi connectivity index (χ2n) is 5.12. The summed E-state index contributed by atoms with van der Waals surface area (Å²) in [6, 6.07) is 8.57. The van der Waals surface area contributed by atoms with Gasteiger partial charge in [0.15, 0.2) is 0 Å². The molecule has 4 heteroatoms. The molecule has 104 valence electrons. The third kappa shape index (κ3) is 2.80. The van der Waals surface area contributed by atoms with Gasteiger partial charge in [-0.05, 0) is 38.3 Å². The molecule has 1 aromatic carbocycles. The average Bonchev–Trinajstić information content (AvgIpc) is 2.92. The molecule has 2 aromatic rings. The van der Waals surface area contributed by atoms with Crippen LogP contribution in [-0.4, -0.2) is 17.0 Å². The molecule has 0 aliphatic heterocycles. The van der Waals surface area contributed by atoms with Crippen molar-refractivity contribution in [3.05, 3.63) is 46.9 Å². The van der Waals surface area contributed by atoms with E-state index in [1.165, 1.54) is 28.1 Å². The molecule has 0 saturated heterocycles. The molecule has 0 fully saturated rings. The zero-order chi connectivity index (χ0) is 13.9. The highest BCUT2D eigenvalue weighted by molar-refractivity contribution is 7.98. The third-order valence-electron chi connectivity index (χ3n) is 3.57. The van der Waals surface area contributed by atoms with Gasteiger partial charge >= 0.3 is 0 Å². The van der Waals surface area contributed by atoms with Gasteiger partial charge in [-0.25, -0.2) is 9.97 Å². The predicted octanol–water partition coefficient (Wildman–Crippen LogP) is 3.61. The number of thioether (sulfide) groups is 1. The van der Waals surface area contributed by atoms with E-state index in [1.807, 2.05) is 7.05 Å². The molecule has 1 N–H and O–H groups in total. The van der Waals surface area contributed by atoms with E-state index in [0.29, 0.717) is 0 Å². The number of anilines is 1. The lowest BCUT2D eigenvalue weighted by Crippen LogP contribution is -2.05. The summed E-state index contributed by atoms with van der Waals surface area (Å²) in [4.78, 5) is 10.7. The van der Waals surface area contributed by atoms with Crippen LogP contribution in [0.2, 0.25) is 0 Å². The van der Waals surface area contributed by atoms with Crippen LogP contribution < -0.4 is 5.32 Å². The molecule has 0 atom stereocenters. The minimum Gasteiger partial charge on any atom is -0.373 e. The van der Waals surface area contributed by atoms with Crippen molar-refractivity contribution >= 4 is 17.6 Å². The van der Waals surface area contributed by atoms with Crippen LogP contribution in [-0.2, 0) is 18.6 Å². The molecule has 0 spiro atoms. The normalized spacial score (nSPS) is 13.3. The van der Waals surface area contributed by atoms with Crippen LogP contribution in [0.25, 0.3) is 0 Å². The summed E-state index contributed by atoms with van der Waals surface area (Å²) in [5.41, 5.74) is 3.85. The molecule has 3 rings (SSSR count). The predicted molar refractivity (Wildman–Crippen MR) is 84.3 cm³/mol. The molecular formula is C16H19N3S. The first-order valence-corrected chi connectivity index (χ1v) is 8.00. The maximum absolute atomic E-state index is 4.73. The smallest absolute Gasteiger partial charge is 0.141 e. The van der Waals surface area contributed by atoms with Crippen LogP contribution in [0, 0.1) is 6.92 Å². The molecule has 20 heavy (non-hydrogen) atoms. The first-order chi connectivity index (χ1) is 9.76. The molecule has 1 heterocycles. The second kappa shape index (κ2) is 5.83. The summed E-state index contributed by atoms with van der Waals surface area (Å²) in [6.45, 7) is 2.12. The number of hydrogen-bond donors (Lipinski definition) is 1. The number of rotatable bonds is 4. The summed E-state index contributed by atoms with van der Waals surface area (Å²) in [6.07, 6.45) is 3.40. The van der Waals surface area contributed by atoms with Gasteiger partial charge in [0.05, 0.1) is 5.75 Å². The van der Waals surface area contributed by atoms with E-state index in [0.717, 1.165) is 30.2 Å². The van der Waals surface area contributed by atoms with Crippen molar-refractivity contribution < 1.29 is 0 Å². The fourth-order valence-electron chi connectivity index (χ4n) is 2.61. The van der Waals surface area contributed by atoms with Gasteiger partial charge in [-0.3, -0.25) is 0 Å². The highest BCUT2D eigenvalue weighted by Gasteiger charge is 2.18. The zero-order valence-corrected chi connectivity index (χ0v) is 12.8. The highest BCUT2D eigenvalue weighted by atomic mass is 32.2. The minimum absolute atomic E-state index is 0.825. The van der Waals surface area contributed by atoms with Crippen molar-refractivity contribution in [3.63, 3.8) is 0 Å². The Morgan fingerprint density at radius 2 is 2.15 bits per heavy atom. The van der Waals surface area contributed by atoms with Crippen molar-refractivity contribution in [1.29, 1.82) is 0 Å². The van der Waals surface area contributed by atoms with E-state index >= 15 is 0 Å². The topological polar surface area (TPSA) is 37.8 Å². The molecule has 1 aromatic heterocycles. The lowest BCUT2D eigenvalue weighted by Gasteiger charge is -2.09. The van der Waals surface area contributed by atoms with E-state index in [1.54, 1.807) is 11.8 Å². The average molecular weight is 285 g/mol. The fourth-order valence-corrected chi connectivity index (χ4v) is 3.48. The monoisotopic (exact) mass is 285 g/mol. The summed E-state index contributed by atoms with van der Waals surface area (Å²) in [5.74, 6) is 2.78. The highest BCUT2D eigenvalue weighted by Crippen LogP contribution is 2.28. The molecule has 0 bridgehead atoms. The Kier molecular flexibility index (Phi) is 3.92. The maximum Gasteiger partial charge on any atom is 0.141 e. The maximum atomic E-state index is 4.73. The Morgan fingerprint density at radius 3 is 2.95 bits per heavy atom. The first kappa shape index (κ1) is 13.4. The van der Waals surface area contributed by atoms with Crippen LogP contribution in [0.3, 0.4) is 0 Å². The summed E-state index contributed by atoms with van der Waals surface area (Å²) in [7, 11) is 1.94. The lowest BCUT2D eigenvalue weighted by atomic mass is 10.2. The summed E-state index contributed by atoms with van der Waals surface area (Å²) < 4.78 is 0. The van der Waals surface area contributed by atoms with Gasteiger partial charge in [0.1, 0.15) is 11.6 Å². The van der Waals surface area contributed by atoms with Crippen LogP contribution in [0.1, 0.15) is 29.1 Å². The van der Waals surface area contributed by atoms with E-state index < -0.39 is 0 Å². The van der Waals surface area contributed by atoms with Gasteiger partial charge in [0, 0.05) is 23.2 Å². The van der Waals surface area contributed by atoms with Crippen LogP contribution >= 0.6 is 11.8 Å². The van der Waals surface area contributed by atoms with Crippen molar-refractivity contribution in [3.8, 4) is 0 Å². The molecule has 1 aliphatic rings. The van der Waals surface area contributed by atoms with Gasteiger partial charge in [-0.15, -0.1) is 11.8 Å². The summed E-state index contributed by atoms with van der Waals surface area (Å²) in [5, 5.41) is 3.21. The third-order valence-corrected chi connectivity index (χ3v) is 4.56. The number of aromatic nitrogens is 2. The summed E-state index contributed by atoms with van der Waals surface area (Å²) >= 11 is 1.80. The zero-order valence-electron chi connectivity index (χ0n) is 11.9. The van der Waals surface area contributed by atoms with Crippen LogP contribution in [0.15, 0.2) is 29.2 Å². The fraction of sp³-hybridized carbons (Fsp3) is 0.375. The van der Waals surface area contributed by atoms with Crippen molar-refractivity contribution in [1.82, 2.24) is 9.97 Å². The van der Waals surface area contributed by atoms with Gasteiger partial charge in [-0.1, -0.05) is 17.7 Å². The quantitative estimate of drug-likeness (QED) is 0.871. The second-order valence-corrected chi connectivity index (χ2v) is 6.17. The van der Waals surface area contributed by atoms with Crippen molar-refractivity contribution in [2.24, 2.45) is 0 Å². The van der Waals surface area contributed by atoms with Crippen LogP contribution in [0.5, 0.6) is 0 Å². The molecular weight excluding hydrogens is 266 g/mol. The Morgan fingerprint density at radius 1 is 1.25 bits per heavy atom.